The predicted molar refractivity (Wildman–Crippen MR) is 63.1 cm³/mol. The molecule has 0 saturated carbocycles. The number of pyridine rings is 1. The lowest BCUT2D eigenvalue weighted by Gasteiger charge is -2.23. The fraction of sp³-hybridized carbons (Fsp3) is 0.500. The van der Waals surface area contributed by atoms with Crippen LogP contribution in [0.4, 0.5) is 5.82 Å². The van der Waals surface area contributed by atoms with Crippen molar-refractivity contribution < 1.29 is 4.79 Å². The highest BCUT2D eigenvalue weighted by molar-refractivity contribution is 5.74. The van der Waals surface area contributed by atoms with Gasteiger partial charge in [-0.05, 0) is 24.5 Å². The molecule has 1 N–H and O–H groups in total. The number of nitrogens with one attached hydrogen (secondary N) is 1. The zero-order chi connectivity index (χ0) is 11.5. The summed E-state index contributed by atoms with van der Waals surface area (Å²) in [4.78, 5) is 17.7. The zero-order valence-corrected chi connectivity index (χ0v) is 9.73. The van der Waals surface area contributed by atoms with Gasteiger partial charge >= 0.3 is 0 Å². The number of anilines is 1. The fourth-order valence-electron chi connectivity index (χ4n) is 2.24. The molecule has 0 aromatic carbocycles. The van der Waals surface area contributed by atoms with Crippen molar-refractivity contribution in [3.8, 4) is 0 Å². The van der Waals surface area contributed by atoms with Crippen molar-refractivity contribution in [2.75, 3.05) is 18.9 Å². The largest absolute Gasteiger partial charge is 0.373 e. The molecule has 16 heavy (non-hydrogen) atoms. The molecule has 1 fully saturated rings. The van der Waals surface area contributed by atoms with Crippen LogP contribution in [-0.2, 0) is 4.79 Å². The van der Waals surface area contributed by atoms with Gasteiger partial charge in [0.15, 0.2) is 0 Å². The first kappa shape index (κ1) is 10.9. The molecule has 4 nitrogen and oxygen atoms in total. The topological polar surface area (TPSA) is 45.2 Å². The van der Waals surface area contributed by atoms with Crippen LogP contribution in [0.25, 0.3) is 0 Å². The van der Waals surface area contributed by atoms with Crippen LogP contribution in [0.15, 0.2) is 18.3 Å². The fourth-order valence-corrected chi connectivity index (χ4v) is 2.24. The number of carbonyl (C=O) groups is 1. The highest BCUT2D eigenvalue weighted by Gasteiger charge is 2.27. The Hall–Kier alpha value is -1.58. The Labute approximate surface area is 95.7 Å². The molecule has 0 bridgehead atoms. The maximum atomic E-state index is 11.4. The molecule has 1 aromatic heterocycles. The van der Waals surface area contributed by atoms with Crippen molar-refractivity contribution >= 4 is 11.7 Å². The minimum Gasteiger partial charge on any atom is -0.373 e. The van der Waals surface area contributed by atoms with E-state index in [0.29, 0.717) is 0 Å². The molecule has 4 heteroatoms. The Morgan fingerprint density at radius 2 is 2.38 bits per heavy atom. The van der Waals surface area contributed by atoms with Crippen LogP contribution in [-0.4, -0.2) is 29.4 Å². The van der Waals surface area contributed by atoms with Crippen LogP contribution in [0.1, 0.15) is 31.4 Å². The van der Waals surface area contributed by atoms with E-state index in [4.69, 9.17) is 0 Å². The van der Waals surface area contributed by atoms with Crippen LogP contribution in [0.2, 0.25) is 0 Å². The minimum atomic E-state index is 0.153. The lowest BCUT2D eigenvalue weighted by Crippen LogP contribution is -2.28. The zero-order valence-electron chi connectivity index (χ0n) is 9.73. The average Bonchev–Trinajstić information content (AvgIpc) is 2.78. The van der Waals surface area contributed by atoms with Crippen LogP contribution in [0.5, 0.6) is 0 Å². The van der Waals surface area contributed by atoms with Gasteiger partial charge in [0.05, 0.1) is 6.04 Å². The van der Waals surface area contributed by atoms with Crippen molar-refractivity contribution in [1.82, 2.24) is 9.88 Å². The number of nitrogens with zero attached hydrogens (tertiary/aromatic N) is 2. The molecule has 0 aliphatic carbocycles. The molecule has 1 amide bonds. The Morgan fingerprint density at radius 3 is 2.94 bits per heavy atom. The molecule has 2 heterocycles. The normalized spacial score (nSPS) is 19.9. The minimum absolute atomic E-state index is 0.153. The number of aromatic nitrogens is 1. The number of hydrogen-bond acceptors (Lipinski definition) is 3. The van der Waals surface area contributed by atoms with Gasteiger partial charge in [-0.2, -0.15) is 0 Å². The van der Waals surface area contributed by atoms with E-state index in [9.17, 15) is 4.79 Å². The molecule has 1 atom stereocenters. The summed E-state index contributed by atoms with van der Waals surface area (Å²) in [5.74, 6) is 1.01. The summed E-state index contributed by atoms with van der Waals surface area (Å²) in [5, 5.41) is 2.99. The average molecular weight is 219 g/mol. The number of carbonyl (C=O) groups excluding carboxylic acids is 1. The first-order valence-corrected chi connectivity index (χ1v) is 5.63. The molecular weight excluding hydrogens is 202 g/mol. The summed E-state index contributed by atoms with van der Waals surface area (Å²) in [5.41, 5.74) is 1.13. The van der Waals surface area contributed by atoms with E-state index in [-0.39, 0.29) is 11.9 Å². The van der Waals surface area contributed by atoms with Crippen molar-refractivity contribution in [2.45, 2.75) is 25.8 Å². The van der Waals surface area contributed by atoms with E-state index >= 15 is 0 Å². The third kappa shape index (κ3) is 2.01. The third-order valence-corrected chi connectivity index (χ3v) is 3.08. The van der Waals surface area contributed by atoms with Gasteiger partial charge in [0.2, 0.25) is 5.91 Å². The van der Waals surface area contributed by atoms with Crippen LogP contribution >= 0.6 is 0 Å². The van der Waals surface area contributed by atoms with Gasteiger partial charge in [-0.25, -0.2) is 4.98 Å². The number of amides is 1. The van der Waals surface area contributed by atoms with Gasteiger partial charge in [-0.15, -0.1) is 0 Å². The second-order valence-electron chi connectivity index (χ2n) is 4.10. The van der Waals surface area contributed by atoms with E-state index < -0.39 is 0 Å². The molecule has 1 aliphatic rings. The lowest BCUT2D eigenvalue weighted by atomic mass is 10.1. The first-order chi connectivity index (χ1) is 7.72. The Morgan fingerprint density at radius 1 is 1.56 bits per heavy atom. The Kier molecular flexibility index (Phi) is 3.08. The predicted octanol–water partition coefficient (Wildman–Crippen LogP) is 1.81. The molecule has 1 saturated heterocycles. The van der Waals surface area contributed by atoms with Gasteiger partial charge in [0, 0.05) is 26.7 Å². The van der Waals surface area contributed by atoms with Gasteiger partial charge < -0.3 is 10.2 Å². The molecular formula is C12H17N3O. The molecule has 86 valence electrons. The summed E-state index contributed by atoms with van der Waals surface area (Å²) < 4.78 is 0. The second kappa shape index (κ2) is 4.51. The number of rotatable bonds is 2. The van der Waals surface area contributed by atoms with Gasteiger partial charge in [-0.1, -0.05) is 6.07 Å². The quantitative estimate of drug-likeness (QED) is 0.825. The molecule has 0 radical (unpaired) electrons. The molecule has 1 aromatic rings. The Balaban J connectivity index is 2.19. The van der Waals surface area contributed by atoms with Crippen LogP contribution < -0.4 is 5.32 Å². The van der Waals surface area contributed by atoms with E-state index in [1.54, 1.807) is 6.92 Å². The highest BCUT2D eigenvalue weighted by Crippen LogP contribution is 2.31. The highest BCUT2D eigenvalue weighted by atomic mass is 16.2. The maximum absolute atomic E-state index is 11.4. The standard InChI is InChI=1S/C12H17N3O/c1-9(16)15-7-3-4-11(15)10-5-6-12(13-2)14-8-10/h5-6,8,11H,3-4,7H2,1-2H3,(H,13,14)/t11-/m0/s1. The van der Waals surface area contributed by atoms with Gasteiger partial charge in [0.1, 0.15) is 5.82 Å². The first-order valence-electron chi connectivity index (χ1n) is 5.63. The van der Waals surface area contributed by atoms with Gasteiger partial charge in [0.25, 0.3) is 0 Å². The van der Waals surface area contributed by atoms with Gasteiger partial charge in [-0.3, -0.25) is 4.79 Å². The van der Waals surface area contributed by atoms with Crippen molar-refractivity contribution in [3.63, 3.8) is 0 Å². The summed E-state index contributed by atoms with van der Waals surface area (Å²) in [7, 11) is 1.85. The summed E-state index contributed by atoms with van der Waals surface area (Å²) in [6, 6.07) is 4.22. The van der Waals surface area contributed by atoms with Crippen molar-refractivity contribution in [2.24, 2.45) is 0 Å². The van der Waals surface area contributed by atoms with E-state index in [1.807, 2.05) is 30.3 Å². The van der Waals surface area contributed by atoms with Crippen LogP contribution in [0, 0.1) is 0 Å². The van der Waals surface area contributed by atoms with Crippen molar-refractivity contribution in [3.05, 3.63) is 23.9 Å². The number of likely N-dealkylation sites (tertiary alicyclic amines) is 1. The number of hydrogen-bond donors (Lipinski definition) is 1. The Bertz CT molecular complexity index is 374. The summed E-state index contributed by atoms with van der Waals surface area (Å²) in [6.07, 6.45) is 3.98. The van der Waals surface area contributed by atoms with E-state index in [0.717, 1.165) is 30.8 Å². The molecule has 0 unspecified atom stereocenters. The van der Waals surface area contributed by atoms with E-state index in [2.05, 4.69) is 10.3 Å². The maximum Gasteiger partial charge on any atom is 0.219 e. The van der Waals surface area contributed by atoms with Crippen molar-refractivity contribution in [1.29, 1.82) is 0 Å². The monoisotopic (exact) mass is 219 g/mol. The third-order valence-electron chi connectivity index (χ3n) is 3.08. The smallest absolute Gasteiger partial charge is 0.219 e. The summed E-state index contributed by atoms with van der Waals surface area (Å²) >= 11 is 0. The molecule has 0 spiro atoms. The SMILES string of the molecule is CNc1ccc([C@@H]2CCCN2C(C)=O)cn1. The molecule has 1 aliphatic heterocycles. The summed E-state index contributed by atoms with van der Waals surface area (Å²) in [6.45, 7) is 2.50. The molecule has 2 rings (SSSR count). The van der Waals surface area contributed by atoms with E-state index in [1.165, 1.54) is 0 Å². The second-order valence-corrected chi connectivity index (χ2v) is 4.10. The lowest BCUT2D eigenvalue weighted by molar-refractivity contribution is -0.129. The van der Waals surface area contributed by atoms with Crippen LogP contribution in [0.3, 0.4) is 0 Å².